The number of ketones is 1. The average Bonchev–Trinajstić information content (AvgIpc) is 2.53. The standard InChI is InChI=1S/C16H13NO6/c1-23-15-9-10(8-13(16(15)20)17(21)22)2-7-14(19)11-3-5-12(18)6-4-11/h2-9,18,20H,1H3/p-1/b7-2+. The van der Waals surface area contributed by atoms with E-state index in [0.29, 0.717) is 11.1 Å². The molecule has 23 heavy (non-hydrogen) atoms. The Morgan fingerprint density at radius 1 is 1.26 bits per heavy atom. The van der Waals surface area contributed by atoms with E-state index in [1.54, 1.807) is 0 Å². The van der Waals surface area contributed by atoms with Crippen molar-refractivity contribution in [1.82, 2.24) is 0 Å². The number of hydrogen-bond acceptors (Lipinski definition) is 6. The second kappa shape index (κ2) is 6.61. The molecule has 0 unspecified atom stereocenters. The zero-order valence-corrected chi connectivity index (χ0v) is 12.1. The van der Waals surface area contributed by atoms with E-state index in [-0.39, 0.29) is 17.3 Å². The molecule has 0 aliphatic rings. The highest BCUT2D eigenvalue weighted by Gasteiger charge is 2.12. The monoisotopic (exact) mass is 314 g/mol. The molecule has 0 spiro atoms. The normalized spacial score (nSPS) is 10.7. The van der Waals surface area contributed by atoms with Gasteiger partial charge in [-0.15, -0.1) is 0 Å². The van der Waals surface area contributed by atoms with Crippen LogP contribution in [0.2, 0.25) is 0 Å². The molecule has 0 radical (unpaired) electrons. The molecular weight excluding hydrogens is 302 g/mol. The Morgan fingerprint density at radius 2 is 1.91 bits per heavy atom. The molecule has 0 fully saturated rings. The molecule has 7 nitrogen and oxygen atoms in total. The number of aromatic hydroxyl groups is 1. The second-order valence-corrected chi connectivity index (χ2v) is 4.57. The van der Waals surface area contributed by atoms with Crippen LogP contribution in [-0.2, 0) is 0 Å². The zero-order chi connectivity index (χ0) is 17.0. The summed E-state index contributed by atoms with van der Waals surface area (Å²) in [5, 5.41) is 31.7. The first-order chi connectivity index (χ1) is 10.9. The number of ether oxygens (including phenoxy) is 1. The van der Waals surface area contributed by atoms with Crippen molar-refractivity contribution in [3.05, 3.63) is 63.7 Å². The summed E-state index contributed by atoms with van der Waals surface area (Å²) in [6.45, 7) is 0. The first-order valence-electron chi connectivity index (χ1n) is 6.47. The number of nitrogens with zero attached hydrogens (tertiary/aromatic N) is 1. The number of nitro groups is 1. The maximum Gasteiger partial charge on any atom is 0.266 e. The molecule has 2 aromatic rings. The lowest BCUT2D eigenvalue weighted by Gasteiger charge is -2.13. The summed E-state index contributed by atoms with van der Waals surface area (Å²) in [7, 11) is 1.23. The van der Waals surface area contributed by atoms with Crippen LogP contribution in [0.15, 0.2) is 42.5 Å². The van der Waals surface area contributed by atoms with Gasteiger partial charge in [0.05, 0.1) is 12.0 Å². The van der Waals surface area contributed by atoms with Crippen molar-refractivity contribution in [2.45, 2.75) is 0 Å². The molecule has 0 saturated carbocycles. The molecule has 0 aromatic heterocycles. The van der Waals surface area contributed by atoms with Crippen molar-refractivity contribution < 1.29 is 24.7 Å². The van der Waals surface area contributed by atoms with E-state index >= 15 is 0 Å². The molecular formula is C16H12NO6-. The Hall–Kier alpha value is -3.35. The van der Waals surface area contributed by atoms with Gasteiger partial charge in [-0.05, 0) is 42.0 Å². The predicted molar refractivity (Wildman–Crippen MR) is 80.6 cm³/mol. The number of rotatable bonds is 5. The van der Waals surface area contributed by atoms with Crippen LogP contribution in [-0.4, -0.2) is 22.9 Å². The summed E-state index contributed by atoms with van der Waals surface area (Å²) in [5.41, 5.74) is 0.0160. The predicted octanol–water partition coefficient (Wildman–Crippen LogP) is 2.28. The minimum absolute atomic E-state index is 0.0388. The third-order valence-corrected chi connectivity index (χ3v) is 3.05. The second-order valence-electron chi connectivity index (χ2n) is 4.57. The molecule has 118 valence electrons. The van der Waals surface area contributed by atoms with Gasteiger partial charge in [-0.3, -0.25) is 14.9 Å². The fourth-order valence-electron chi connectivity index (χ4n) is 1.89. The Balaban J connectivity index is 2.32. The molecule has 0 amide bonds. The quantitative estimate of drug-likeness (QED) is 0.392. The van der Waals surface area contributed by atoms with Crippen LogP contribution < -0.4 is 9.84 Å². The first kappa shape index (κ1) is 16.0. The van der Waals surface area contributed by atoms with Gasteiger partial charge in [0.15, 0.2) is 5.78 Å². The van der Waals surface area contributed by atoms with Crippen molar-refractivity contribution in [2.24, 2.45) is 0 Å². The van der Waals surface area contributed by atoms with Crippen LogP contribution in [0.4, 0.5) is 5.69 Å². The third-order valence-electron chi connectivity index (χ3n) is 3.05. The summed E-state index contributed by atoms with van der Waals surface area (Å²) in [5.74, 6) is -1.30. The number of methoxy groups -OCH3 is 1. The van der Waals surface area contributed by atoms with E-state index < -0.39 is 16.4 Å². The largest absolute Gasteiger partial charge is 0.865 e. The van der Waals surface area contributed by atoms with E-state index in [1.165, 1.54) is 49.6 Å². The molecule has 0 aliphatic carbocycles. The molecule has 2 aromatic carbocycles. The summed E-state index contributed by atoms with van der Waals surface area (Å²) < 4.78 is 4.82. The van der Waals surface area contributed by atoms with E-state index in [9.17, 15) is 25.1 Å². The van der Waals surface area contributed by atoms with Gasteiger partial charge in [0, 0.05) is 17.4 Å². The third kappa shape index (κ3) is 3.65. The average molecular weight is 314 g/mol. The van der Waals surface area contributed by atoms with Gasteiger partial charge in [-0.25, -0.2) is 0 Å². The number of phenolic OH excluding ortho intramolecular Hbond substituents is 1. The number of allylic oxidation sites excluding steroid dienone is 1. The number of hydrogen-bond donors (Lipinski definition) is 1. The maximum absolute atomic E-state index is 12.0. The summed E-state index contributed by atoms with van der Waals surface area (Å²) in [6.07, 6.45) is 2.57. The van der Waals surface area contributed by atoms with Gasteiger partial charge in [-0.2, -0.15) is 0 Å². The molecule has 2 rings (SSSR count). The molecule has 0 saturated heterocycles. The highest BCUT2D eigenvalue weighted by atomic mass is 16.6. The molecule has 0 aliphatic heterocycles. The SMILES string of the molecule is COc1cc(/C=C/C(=O)c2ccc(O)cc2)cc([N+](=O)[O-])c1[O-]. The first-order valence-corrected chi connectivity index (χ1v) is 6.47. The van der Waals surface area contributed by atoms with Crippen LogP contribution in [0, 0.1) is 10.1 Å². The lowest BCUT2D eigenvalue weighted by atomic mass is 10.1. The van der Waals surface area contributed by atoms with Gasteiger partial charge in [0.1, 0.15) is 11.5 Å². The highest BCUT2D eigenvalue weighted by Crippen LogP contribution is 2.34. The fourth-order valence-corrected chi connectivity index (χ4v) is 1.89. The minimum atomic E-state index is -0.820. The molecule has 0 atom stereocenters. The van der Waals surface area contributed by atoms with Crippen molar-refractivity contribution in [1.29, 1.82) is 0 Å². The number of carbonyl (C=O) groups is 1. The molecule has 0 heterocycles. The smallest absolute Gasteiger partial charge is 0.266 e. The number of phenols is 1. The minimum Gasteiger partial charge on any atom is -0.865 e. The zero-order valence-electron chi connectivity index (χ0n) is 12.1. The van der Waals surface area contributed by atoms with Crippen molar-refractivity contribution in [2.75, 3.05) is 7.11 Å². The fraction of sp³-hybridized carbons (Fsp3) is 0.0625. The van der Waals surface area contributed by atoms with Crippen LogP contribution in [0.1, 0.15) is 15.9 Å². The van der Waals surface area contributed by atoms with E-state index in [0.717, 1.165) is 6.07 Å². The van der Waals surface area contributed by atoms with E-state index in [1.807, 2.05) is 0 Å². The molecule has 0 bridgehead atoms. The topological polar surface area (TPSA) is 113 Å². The maximum atomic E-state index is 12.0. The van der Waals surface area contributed by atoms with Gasteiger partial charge >= 0.3 is 0 Å². The Morgan fingerprint density at radius 3 is 2.48 bits per heavy atom. The van der Waals surface area contributed by atoms with Gasteiger partial charge in [0.2, 0.25) is 0 Å². The van der Waals surface area contributed by atoms with E-state index in [4.69, 9.17) is 4.74 Å². The number of carbonyl (C=O) groups excluding carboxylic acids is 1. The van der Waals surface area contributed by atoms with Crippen LogP contribution in [0.25, 0.3) is 6.08 Å². The molecule has 7 heteroatoms. The number of benzene rings is 2. The Bertz CT molecular complexity index is 780. The number of nitro benzene ring substituents is 1. The van der Waals surface area contributed by atoms with Crippen molar-refractivity contribution in [3.8, 4) is 17.2 Å². The van der Waals surface area contributed by atoms with E-state index in [2.05, 4.69) is 0 Å². The summed E-state index contributed by atoms with van der Waals surface area (Å²) in [4.78, 5) is 22.0. The summed E-state index contributed by atoms with van der Waals surface area (Å²) >= 11 is 0. The molecule has 1 N–H and O–H groups in total. The Labute approximate surface area is 131 Å². The van der Waals surface area contributed by atoms with Gasteiger partial charge < -0.3 is 14.9 Å². The van der Waals surface area contributed by atoms with Crippen molar-refractivity contribution >= 4 is 17.5 Å². The lowest BCUT2D eigenvalue weighted by molar-refractivity contribution is -0.398. The van der Waals surface area contributed by atoms with Crippen LogP contribution in [0.3, 0.4) is 0 Å². The summed E-state index contributed by atoms with van der Waals surface area (Å²) in [6, 6.07) is 8.04. The highest BCUT2D eigenvalue weighted by molar-refractivity contribution is 6.06. The Kier molecular flexibility index (Phi) is 4.61. The van der Waals surface area contributed by atoms with Crippen LogP contribution >= 0.6 is 0 Å². The van der Waals surface area contributed by atoms with Crippen LogP contribution in [0.5, 0.6) is 17.2 Å². The van der Waals surface area contributed by atoms with Gasteiger partial charge in [-0.1, -0.05) is 6.08 Å². The lowest BCUT2D eigenvalue weighted by Crippen LogP contribution is -2.01. The van der Waals surface area contributed by atoms with Gasteiger partial charge in [0.25, 0.3) is 5.69 Å². The van der Waals surface area contributed by atoms with Crippen molar-refractivity contribution in [3.63, 3.8) is 0 Å².